The zero-order valence-electron chi connectivity index (χ0n) is 12.9. The van der Waals surface area contributed by atoms with Gasteiger partial charge in [-0.15, -0.1) is 0 Å². The van der Waals surface area contributed by atoms with E-state index in [0.29, 0.717) is 23.7 Å². The van der Waals surface area contributed by atoms with Gasteiger partial charge in [-0.25, -0.2) is 4.98 Å². The van der Waals surface area contributed by atoms with Crippen molar-refractivity contribution in [2.24, 2.45) is 0 Å². The number of nitrogens with one attached hydrogen (secondary N) is 2. The molecule has 0 aromatic carbocycles. The lowest BCUT2D eigenvalue weighted by Gasteiger charge is -2.21. The third-order valence-electron chi connectivity index (χ3n) is 4.96. The molecule has 4 rings (SSSR count). The minimum Gasteiger partial charge on any atom is -0.462 e. The molecular formula is C17H21N3O2. The van der Waals surface area contributed by atoms with Gasteiger partial charge in [0.15, 0.2) is 5.58 Å². The predicted molar refractivity (Wildman–Crippen MR) is 83.9 cm³/mol. The lowest BCUT2D eigenvalue weighted by atomic mass is 9.95. The fourth-order valence-electron chi connectivity index (χ4n) is 3.75. The Morgan fingerprint density at radius 3 is 3.00 bits per heavy atom. The molecule has 4 heterocycles. The van der Waals surface area contributed by atoms with Gasteiger partial charge >= 0.3 is 0 Å². The van der Waals surface area contributed by atoms with Crippen LogP contribution in [0.3, 0.4) is 0 Å². The Balaban J connectivity index is 1.57. The highest BCUT2D eigenvalue weighted by molar-refractivity contribution is 5.96. The number of nitrogens with zero attached hydrogens (tertiary/aromatic N) is 1. The number of hydrogen-bond acceptors (Lipinski definition) is 4. The third-order valence-corrected chi connectivity index (χ3v) is 4.96. The number of furan rings is 1. The van der Waals surface area contributed by atoms with Gasteiger partial charge in [-0.1, -0.05) is 13.8 Å². The molecule has 2 bridgehead atoms. The van der Waals surface area contributed by atoms with Crippen molar-refractivity contribution in [1.82, 2.24) is 15.6 Å². The molecule has 1 amide bonds. The van der Waals surface area contributed by atoms with Crippen molar-refractivity contribution < 1.29 is 9.21 Å². The first kappa shape index (κ1) is 13.8. The van der Waals surface area contributed by atoms with E-state index in [1.807, 2.05) is 6.07 Å². The quantitative estimate of drug-likeness (QED) is 0.914. The third kappa shape index (κ3) is 2.20. The molecule has 3 atom stereocenters. The Hall–Kier alpha value is -1.88. The van der Waals surface area contributed by atoms with Crippen LogP contribution in [0.1, 0.15) is 55.1 Å². The summed E-state index contributed by atoms with van der Waals surface area (Å²) < 4.78 is 5.51. The number of carbonyl (C=O) groups is 1. The Morgan fingerprint density at radius 2 is 2.32 bits per heavy atom. The van der Waals surface area contributed by atoms with Crippen LogP contribution in [0.5, 0.6) is 0 Å². The molecule has 0 spiro atoms. The first-order valence-corrected chi connectivity index (χ1v) is 8.06. The largest absolute Gasteiger partial charge is 0.462 e. The molecule has 5 nitrogen and oxygen atoms in total. The van der Waals surface area contributed by atoms with E-state index in [9.17, 15) is 4.79 Å². The zero-order valence-corrected chi connectivity index (χ0v) is 12.9. The van der Waals surface area contributed by atoms with Gasteiger partial charge in [0.1, 0.15) is 5.69 Å². The molecule has 2 aromatic rings. The first-order chi connectivity index (χ1) is 10.6. The van der Waals surface area contributed by atoms with E-state index in [-0.39, 0.29) is 11.9 Å². The van der Waals surface area contributed by atoms with Crippen LogP contribution in [-0.2, 0) is 0 Å². The standard InChI is InChI=1S/C17H21N3O2/c1-9(2)12-8-22-16-7-18-15(6-11(12)16)17(21)20-14-5-10-3-4-13(14)19-10/h6-10,13-14,19H,3-5H2,1-2H3,(H,20,21). The lowest BCUT2D eigenvalue weighted by molar-refractivity contribution is 0.0926. The molecule has 2 aromatic heterocycles. The topological polar surface area (TPSA) is 67.2 Å². The molecule has 116 valence electrons. The van der Waals surface area contributed by atoms with Gasteiger partial charge in [-0.05, 0) is 31.2 Å². The van der Waals surface area contributed by atoms with E-state index >= 15 is 0 Å². The van der Waals surface area contributed by atoms with E-state index in [1.165, 1.54) is 6.42 Å². The molecule has 2 fully saturated rings. The summed E-state index contributed by atoms with van der Waals surface area (Å²) in [5.74, 6) is 0.270. The minimum absolute atomic E-state index is 0.0860. The second-order valence-electron chi connectivity index (χ2n) is 6.77. The Morgan fingerprint density at radius 1 is 1.45 bits per heavy atom. The molecule has 0 saturated carbocycles. The van der Waals surface area contributed by atoms with Crippen LogP contribution < -0.4 is 10.6 Å². The molecular weight excluding hydrogens is 278 g/mol. The van der Waals surface area contributed by atoms with Crippen LogP contribution in [-0.4, -0.2) is 29.0 Å². The smallest absolute Gasteiger partial charge is 0.270 e. The molecule has 22 heavy (non-hydrogen) atoms. The van der Waals surface area contributed by atoms with Crippen LogP contribution >= 0.6 is 0 Å². The van der Waals surface area contributed by atoms with Crippen molar-refractivity contribution in [2.75, 3.05) is 0 Å². The number of fused-ring (bicyclic) bond motifs is 3. The highest BCUT2D eigenvalue weighted by atomic mass is 16.3. The molecule has 2 aliphatic rings. The van der Waals surface area contributed by atoms with Crippen LogP contribution in [0.25, 0.3) is 11.0 Å². The minimum atomic E-state index is -0.0860. The average molecular weight is 299 g/mol. The summed E-state index contributed by atoms with van der Waals surface area (Å²) >= 11 is 0. The normalized spacial score (nSPS) is 27.0. The zero-order chi connectivity index (χ0) is 15.3. The summed E-state index contributed by atoms with van der Waals surface area (Å²) in [6.07, 6.45) is 6.82. The maximum Gasteiger partial charge on any atom is 0.270 e. The molecule has 0 radical (unpaired) electrons. The summed E-state index contributed by atoms with van der Waals surface area (Å²) in [5, 5.41) is 7.66. The highest BCUT2D eigenvalue weighted by Gasteiger charge is 2.39. The monoisotopic (exact) mass is 299 g/mol. The molecule has 2 saturated heterocycles. The van der Waals surface area contributed by atoms with Gasteiger partial charge in [-0.2, -0.15) is 0 Å². The van der Waals surface area contributed by atoms with Gasteiger partial charge < -0.3 is 15.1 Å². The van der Waals surface area contributed by atoms with Gasteiger partial charge in [0.2, 0.25) is 0 Å². The SMILES string of the molecule is CC(C)c1coc2cnc(C(=O)NC3CC4CCC3N4)cc12. The van der Waals surface area contributed by atoms with Crippen LogP contribution in [0.2, 0.25) is 0 Å². The fraction of sp³-hybridized carbons (Fsp3) is 0.529. The highest BCUT2D eigenvalue weighted by Crippen LogP contribution is 2.29. The summed E-state index contributed by atoms with van der Waals surface area (Å²) in [6, 6.07) is 3.09. The second kappa shape index (κ2) is 5.09. The predicted octanol–water partition coefficient (Wildman–Crippen LogP) is 2.57. The van der Waals surface area contributed by atoms with Crippen LogP contribution in [0, 0.1) is 0 Å². The van der Waals surface area contributed by atoms with Gasteiger partial charge in [0.05, 0.1) is 12.5 Å². The van der Waals surface area contributed by atoms with Crippen molar-refractivity contribution >= 4 is 16.9 Å². The van der Waals surface area contributed by atoms with E-state index in [0.717, 1.165) is 29.4 Å². The van der Waals surface area contributed by atoms with Gasteiger partial charge in [0, 0.05) is 29.1 Å². The fourth-order valence-corrected chi connectivity index (χ4v) is 3.75. The van der Waals surface area contributed by atoms with E-state index in [1.54, 1.807) is 12.5 Å². The maximum atomic E-state index is 12.5. The van der Waals surface area contributed by atoms with Crippen LogP contribution in [0.4, 0.5) is 0 Å². The molecule has 5 heteroatoms. The molecule has 2 aliphatic heterocycles. The van der Waals surface area contributed by atoms with Crippen molar-refractivity contribution in [2.45, 2.75) is 57.2 Å². The number of aromatic nitrogens is 1. The molecule has 3 unspecified atom stereocenters. The van der Waals surface area contributed by atoms with Crippen molar-refractivity contribution in [3.63, 3.8) is 0 Å². The number of hydrogen-bond donors (Lipinski definition) is 2. The molecule has 0 aliphatic carbocycles. The van der Waals surface area contributed by atoms with E-state index in [2.05, 4.69) is 29.5 Å². The molecule has 2 N–H and O–H groups in total. The van der Waals surface area contributed by atoms with Crippen LogP contribution in [0.15, 0.2) is 22.9 Å². The maximum absolute atomic E-state index is 12.5. The Bertz CT molecular complexity index is 722. The second-order valence-corrected chi connectivity index (χ2v) is 6.77. The first-order valence-electron chi connectivity index (χ1n) is 8.06. The number of rotatable bonds is 3. The summed E-state index contributed by atoms with van der Waals surface area (Å²) in [7, 11) is 0. The van der Waals surface area contributed by atoms with Crippen molar-refractivity contribution in [1.29, 1.82) is 0 Å². The average Bonchev–Trinajstić information content (AvgIpc) is 3.20. The van der Waals surface area contributed by atoms with Gasteiger partial charge in [-0.3, -0.25) is 4.79 Å². The number of pyridine rings is 1. The summed E-state index contributed by atoms with van der Waals surface area (Å²) in [5.41, 5.74) is 2.33. The van der Waals surface area contributed by atoms with Crippen molar-refractivity contribution in [3.8, 4) is 0 Å². The lowest BCUT2D eigenvalue weighted by Crippen LogP contribution is -2.43. The van der Waals surface area contributed by atoms with E-state index in [4.69, 9.17) is 4.42 Å². The Kier molecular flexibility index (Phi) is 3.18. The number of amides is 1. The number of carbonyl (C=O) groups excluding carboxylic acids is 1. The Labute approximate surface area is 129 Å². The van der Waals surface area contributed by atoms with E-state index < -0.39 is 0 Å². The summed E-state index contributed by atoms with van der Waals surface area (Å²) in [6.45, 7) is 4.23. The van der Waals surface area contributed by atoms with Gasteiger partial charge in [0.25, 0.3) is 5.91 Å². The summed E-state index contributed by atoms with van der Waals surface area (Å²) in [4.78, 5) is 16.7. The van der Waals surface area contributed by atoms with Crippen molar-refractivity contribution in [3.05, 3.63) is 29.8 Å².